The molecular formula is C18H23N7. The van der Waals surface area contributed by atoms with Gasteiger partial charge in [-0.1, -0.05) is 6.07 Å². The Hall–Kier alpha value is -2.83. The van der Waals surface area contributed by atoms with E-state index in [0.717, 1.165) is 36.8 Å². The quantitative estimate of drug-likeness (QED) is 0.583. The number of hydrogen-bond acceptors (Lipinski definition) is 3. The van der Waals surface area contributed by atoms with Crippen LogP contribution in [0.4, 0.5) is 0 Å². The van der Waals surface area contributed by atoms with Gasteiger partial charge in [0.25, 0.3) is 0 Å². The minimum Gasteiger partial charge on any atom is -0.351 e. The number of fused-ring (bicyclic) bond motifs is 1. The smallest absolute Gasteiger partial charge is 0.193 e. The summed E-state index contributed by atoms with van der Waals surface area (Å²) in [6, 6.07) is 6.02. The molecule has 0 bridgehead atoms. The average Bonchev–Trinajstić information content (AvgIpc) is 3.34. The van der Waals surface area contributed by atoms with Crippen molar-refractivity contribution < 1.29 is 0 Å². The Morgan fingerprint density at radius 1 is 1.36 bits per heavy atom. The van der Waals surface area contributed by atoms with Crippen LogP contribution in [0.15, 0.2) is 48.0 Å². The van der Waals surface area contributed by atoms with Gasteiger partial charge in [-0.05, 0) is 24.1 Å². The summed E-state index contributed by atoms with van der Waals surface area (Å²) >= 11 is 0. The molecule has 1 aliphatic heterocycles. The Morgan fingerprint density at radius 3 is 3.04 bits per heavy atom. The zero-order valence-electron chi connectivity index (χ0n) is 14.6. The van der Waals surface area contributed by atoms with E-state index in [-0.39, 0.29) is 0 Å². The molecule has 0 saturated carbocycles. The van der Waals surface area contributed by atoms with Crippen molar-refractivity contribution in [2.75, 3.05) is 20.1 Å². The van der Waals surface area contributed by atoms with E-state index in [4.69, 9.17) is 0 Å². The SMILES string of the molecule is CN=C(NCc1cn2ccccc2n1)N1CCC(c2cnn(C)c2)C1. The maximum absolute atomic E-state index is 4.63. The van der Waals surface area contributed by atoms with Crippen LogP contribution in [-0.2, 0) is 13.6 Å². The standard InChI is InChI=1S/C18H23N7/c1-19-18(20-10-16-13-24-7-4-3-5-17(24)22-16)25-8-6-14(12-25)15-9-21-23(2)11-15/h3-5,7,9,11,13-14H,6,8,10,12H2,1-2H3,(H,19,20). The monoisotopic (exact) mass is 337 g/mol. The van der Waals surface area contributed by atoms with E-state index in [2.05, 4.69) is 37.7 Å². The first-order valence-corrected chi connectivity index (χ1v) is 8.59. The number of guanidine groups is 1. The largest absolute Gasteiger partial charge is 0.351 e. The highest BCUT2D eigenvalue weighted by Crippen LogP contribution is 2.26. The summed E-state index contributed by atoms with van der Waals surface area (Å²) in [7, 11) is 3.80. The van der Waals surface area contributed by atoms with Gasteiger partial charge in [0.1, 0.15) is 5.65 Å². The van der Waals surface area contributed by atoms with Crippen molar-refractivity contribution in [3.63, 3.8) is 0 Å². The lowest BCUT2D eigenvalue weighted by atomic mass is 10.0. The number of hydrogen-bond donors (Lipinski definition) is 1. The molecular weight excluding hydrogens is 314 g/mol. The van der Waals surface area contributed by atoms with Gasteiger partial charge in [-0.15, -0.1) is 0 Å². The van der Waals surface area contributed by atoms with E-state index in [1.807, 2.05) is 53.8 Å². The van der Waals surface area contributed by atoms with Crippen LogP contribution in [0.2, 0.25) is 0 Å². The van der Waals surface area contributed by atoms with Gasteiger partial charge >= 0.3 is 0 Å². The minimum atomic E-state index is 0.516. The molecule has 0 aliphatic carbocycles. The molecule has 4 rings (SSSR count). The second-order valence-corrected chi connectivity index (χ2v) is 6.48. The molecule has 3 aromatic heterocycles. The van der Waals surface area contributed by atoms with Gasteiger partial charge in [-0.2, -0.15) is 5.10 Å². The zero-order chi connectivity index (χ0) is 17.2. The molecule has 1 N–H and O–H groups in total. The Labute approximate surface area is 147 Å². The predicted molar refractivity (Wildman–Crippen MR) is 97.5 cm³/mol. The van der Waals surface area contributed by atoms with Crippen LogP contribution >= 0.6 is 0 Å². The van der Waals surface area contributed by atoms with Gasteiger partial charge in [-0.3, -0.25) is 9.67 Å². The lowest BCUT2D eigenvalue weighted by Crippen LogP contribution is -2.39. The van der Waals surface area contributed by atoms with Crippen molar-refractivity contribution in [3.05, 3.63) is 54.2 Å². The van der Waals surface area contributed by atoms with Crippen molar-refractivity contribution in [2.24, 2.45) is 12.0 Å². The molecule has 7 nitrogen and oxygen atoms in total. The fourth-order valence-corrected chi connectivity index (χ4v) is 3.45. The van der Waals surface area contributed by atoms with Crippen LogP contribution in [0.25, 0.3) is 5.65 Å². The third-order valence-electron chi connectivity index (χ3n) is 4.74. The van der Waals surface area contributed by atoms with Gasteiger partial charge in [0.2, 0.25) is 0 Å². The average molecular weight is 337 g/mol. The van der Waals surface area contributed by atoms with Gasteiger partial charge in [0.05, 0.1) is 18.4 Å². The molecule has 0 aromatic carbocycles. The van der Waals surface area contributed by atoms with Crippen LogP contribution in [0, 0.1) is 0 Å². The van der Waals surface area contributed by atoms with Crippen LogP contribution < -0.4 is 5.32 Å². The van der Waals surface area contributed by atoms with E-state index in [9.17, 15) is 0 Å². The maximum atomic E-state index is 4.63. The summed E-state index contributed by atoms with van der Waals surface area (Å²) in [6.45, 7) is 2.64. The molecule has 7 heteroatoms. The summed E-state index contributed by atoms with van der Waals surface area (Å²) < 4.78 is 3.91. The highest BCUT2D eigenvalue weighted by Gasteiger charge is 2.26. The van der Waals surface area contributed by atoms with E-state index < -0.39 is 0 Å². The molecule has 3 aromatic rings. The highest BCUT2D eigenvalue weighted by atomic mass is 15.3. The van der Waals surface area contributed by atoms with Crippen molar-refractivity contribution in [2.45, 2.75) is 18.9 Å². The first kappa shape index (κ1) is 15.7. The van der Waals surface area contributed by atoms with Crippen molar-refractivity contribution in [1.82, 2.24) is 29.4 Å². The summed E-state index contributed by atoms with van der Waals surface area (Å²) in [5.41, 5.74) is 3.28. The third-order valence-corrected chi connectivity index (χ3v) is 4.74. The summed E-state index contributed by atoms with van der Waals surface area (Å²) in [5.74, 6) is 1.45. The lowest BCUT2D eigenvalue weighted by molar-refractivity contribution is 0.485. The van der Waals surface area contributed by atoms with Gasteiger partial charge in [0, 0.05) is 51.7 Å². The number of pyridine rings is 1. The van der Waals surface area contributed by atoms with Crippen LogP contribution in [0.5, 0.6) is 0 Å². The number of aliphatic imine (C=N–C) groups is 1. The molecule has 0 spiro atoms. The van der Waals surface area contributed by atoms with E-state index in [1.54, 1.807) is 0 Å². The number of nitrogens with one attached hydrogen (secondary N) is 1. The van der Waals surface area contributed by atoms with Crippen molar-refractivity contribution in [3.8, 4) is 0 Å². The summed E-state index contributed by atoms with van der Waals surface area (Å²) in [4.78, 5) is 11.4. The first-order chi connectivity index (χ1) is 12.2. The molecule has 1 aliphatic rings. The van der Waals surface area contributed by atoms with E-state index in [1.165, 1.54) is 5.56 Å². The molecule has 130 valence electrons. The topological polar surface area (TPSA) is 62.8 Å². The fraction of sp³-hybridized carbons (Fsp3) is 0.389. The normalized spacial score (nSPS) is 18.2. The zero-order valence-corrected chi connectivity index (χ0v) is 14.6. The number of rotatable bonds is 3. The molecule has 4 heterocycles. The number of aryl methyl sites for hydroxylation is 1. The highest BCUT2D eigenvalue weighted by molar-refractivity contribution is 5.80. The molecule has 25 heavy (non-hydrogen) atoms. The predicted octanol–water partition coefficient (Wildman–Crippen LogP) is 1.63. The second kappa shape index (κ2) is 6.58. The van der Waals surface area contributed by atoms with Crippen LogP contribution in [-0.4, -0.2) is 50.2 Å². The first-order valence-electron chi connectivity index (χ1n) is 8.59. The van der Waals surface area contributed by atoms with Crippen LogP contribution in [0.1, 0.15) is 23.6 Å². The lowest BCUT2D eigenvalue weighted by Gasteiger charge is -2.21. The second-order valence-electron chi connectivity index (χ2n) is 6.48. The van der Waals surface area contributed by atoms with Gasteiger partial charge < -0.3 is 14.6 Å². The number of aromatic nitrogens is 4. The maximum Gasteiger partial charge on any atom is 0.193 e. The molecule has 0 radical (unpaired) electrons. The van der Waals surface area contributed by atoms with E-state index in [0.29, 0.717) is 12.5 Å². The van der Waals surface area contributed by atoms with Crippen molar-refractivity contribution >= 4 is 11.6 Å². The Balaban J connectivity index is 1.39. The minimum absolute atomic E-state index is 0.516. The molecule has 0 amide bonds. The number of nitrogens with zero attached hydrogens (tertiary/aromatic N) is 6. The Bertz CT molecular complexity index is 859. The molecule has 1 fully saturated rings. The fourth-order valence-electron chi connectivity index (χ4n) is 3.45. The third kappa shape index (κ3) is 3.22. The molecule has 1 atom stereocenters. The van der Waals surface area contributed by atoms with Gasteiger partial charge in [0.15, 0.2) is 5.96 Å². The molecule has 1 saturated heterocycles. The van der Waals surface area contributed by atoms with Gasteiger partial charge in [-0.25, -0.2) is 4.98 Å². The summed E-state index contributed by atoms with van der Waals surface area (Å²) in [6.07, 6.45) is 9.28. The van der Waals surface area contributed by atoms with Crippen LogP contribution in [0.3, 0.4) is 0 Å². The molecule has 1 unspecified atom stereocenters. The number of likely N-dealkylation sites (tertiary alicyclic amines) is 1. The number of imidazole rings is 1. The van der Waals surface area contributed by atoms with E-state index >= 15 is 0 Å². The van der Waals surface area contributed by atoms with Crippen molar-refractivity contribution in [1.29, 1.82) is 0 Å². The Morgan fingerprint density at radius 2 is 2.28 bits per heavy atom. The summed E-state index contributed by atoms with van der Waals surface area (Å²) in [5, 5.41) is 7.73. The Kier molecular flexibility index (Phi) is 4.13.